The van der Waals surface area contributed by atoms with Crippen molar-refractivity contribution in [3.05, 3.63) is 41.4 Å². The molecule has 0 radical (unpaired) electrons. The highest BCUT2D eigenvalue weighted by molar-refractivity contribution is 9.10. The number of amides is 1. The molecule has 1 amide bonds. The Hall–Kier alpha value is -0.530. The molecule has 0 saturated heterocycles. The number of hydrogen-bond donors (Lipinski definition) is 3. The number of alkyl halides is 3. The van der Waals surface area contributed by atoms with Gasteiger partial charge in [-0.15, -0.1) is 0 Å². The van der Waals surface area contributed by atoms with Crippen molar-refractivity contribution in [2.75, 3.05) is 5.32 Å². The summed E-state index contributed by atoms with van der Waals surface area (Å²) in [5.41, 5.74) is 0.744. The maximum absolute atomic E-state index is 11.3. The normalized spacial score (nSPS) is 12.2. The van der Waals surface area contributed by atoms with Crippen LogP contribution in [0.5, 0.6) is 0 Å². The molecule has 1 atom stereocenters. The van der Waals surface area contributed by atoms with Crippen LogP contribution in [0.3, 0.4) is 0 Å². The van der Waals surface area contributed by atoms with Crippen LogP contribution in [0.4, 0.5) is 5.69 Å². The molecule has 1 rings (SSSR count). The van der Waals surface area contributed by atoms with Gasteiger partial charge >= 0.3 is 0 Å². The third kappa shape index (κ3) is 6.84. The number of anilines is 1. The highest BCUT2D eigenvalue weighted by atomic mass is 79.9. The molecule has 0 spiro atoms. The molecule has 0 aromatic heterocycles. The standard InChI is InChI=1S/C12H11BrCl3N3OS/c1-2-9(20)18-10(12(14,15)16)19-11(21)17-8-5-3-7(13)4-6-8/h2-6,10H,1H2,(H,18,20)(H2,17,19,21)/t10-/m1/s1. The number of hydrogen-bond acceptors (Lipinski definition) is 2. The maximum atomic E-state index is 11.3. The van der Waals surface area contributed by atoms with Crippen LogP contribution in [0.2, 0.25) is 0 Å². The van der Waals surface area contributed by atoms with Gasteiger partial charge in [0.2, 0.25) is 9.70 Å². The smallest absolute Gasteiger partial charge is 0.245 e. The summed E-state index contributed by atoms with van der Waals surface area (Å²) in [6.07, 6.45) is 0.0551. The molecule has 1 aromatic carbocycles. The Balaban J connectivity index is 2.69. The van der Waals surface area contributed by atoms with Crippen LogP contribution in [0, 0.1) is 0 Å². The van der Waals surface area contributed by atoms with E-state index in [1.165, 1.54) is 0 Å². The van der Waals surface area contributed by atoms with Crippen LogP contribution in [0.1, 0.15) is 0 Å². The molecule has 4 nitrogen and oxygen atoms in total. The fraction of sp³-hybridized carbons (Fsp3) is 0.167. The number of benzene rings is 1. The molecule has 0 heterocycles. The van der Waals surface area contributed by atoms with Crippen LogP contribution in [-0.4, -0.2) is 21.0 Å². The van der Waals surface area contributed by atoms with Gasteiger partial charge in [-0.1, -0.05) is 57.3 Å². The van der Waals surface area contributed by atoms with Crippen molar-refractivity contribution >= 4 is 79.7 Å². The fourth-order valence-corrected chi connectivity index (χ4v) is 2.06. The molecule has 0 saturated carbocycles. The van der Waals surface area contributed by atoms with Crippen LogP contribution < -0.4 is 16.0 Å². The van der Waals surface area contributed by atoms with Crippen LogP contribution in [0.25, 0.3) is 0 Å². The molecule has 0 bridgehead atoms. The van der Waals surface area contributed by atoms with Gasteiger partial charge in [-0.3, -0.25) is 4.79 Å². The predicted octanol–water partition coefficient (Wildman–Crippen LogP) is 3.73. The minimum absolute atomic E-state index is 0.193. The quantitative estimate of drug-likeness (QED) is 0.294. The number of carbonyl (C=O) groups excluding carboxylic acids is 1. The van der Waals surface area contributed by atoms with Crippen molar-refractivity contribution < 1.29 is 4.79 Å². The summed E-state index contributed by atoms with van der Waals surface area (Å²) < 4.78 is -0.853. The first kappa shape index (κ1) is 18.5. The summed E-state index contributed by atoms with van der Waals surface area (Å²) in [4.78, 5) is 11.3. The molecule has 0 fully saturated rings. The summed E-state index contributed by atoms with van der Waals surface area (Å²) in [5, 5.41) is 8.25. The van der Waals surface area contributed by atoms with E-state index < -0.39 is 15.9 Å². The summed E-state index contributed by atoms with van der Waals surface area (Å²) in [7, 11) is 0. The van der Waals surface area contributed by atoms with E-state index in [0.29, 0.717) is 0 Å². The fourth-order valence-electron chi connectivity index (χ4n) is 1.23. The molecule has 114 valence electrons. The third-order valence-corrected chi connectivity index (χ3v) is 3.58. The van der Waals surface area contributed by atoms with Crippen molar-refractivity contribution in [1.29, 1.82) is 0 Å². The summed E-state index contributed by atoms with van der Waals surface area (Å²) in [6.45, 7) is 3.33. The van der Waals surface area contributed by atoms with Crippen molar-refractivity contribution in [2.45, 2.75) is 9.96 Å². The van der Waals surface area contributed by atoms with E-state index in [1.54, 1.807) is 0 Å². The molecule has 0 aliphatic rings. The van der Waals surface area contributed by atoms with Gasteiger partial charge in [-0.2, -0.15) is 0 Å². The van der Waals surface area contributed by atoms with Gasteiger partial charge in [0.05, 0.1) is 0 Å². The lowest BCUT2D eigenvalue weighted by Gasteiger charge is -2.27. The van der Waals surface area contributed by atoms with Crippen LogP contribution >= 0.6 is 63.0 Å². The van der Waals surface area contributed by atoms with Crippen molar-refractivity contribution in [1.82, 2.24) is 10.6 Å². The molecule has 0 unspecified atom stereocenters. The first-order valence-electron chi connectivity index (χ1n) is 5.55. The average Bonchev–Trinajstić information content (AvgIpc) is 2.39. The zero-order valence-corrected chi connectivity index (χ0v) is 15.2. The molecule has 0 aliphatic carbocycles. The lowest BCUT2D eigenvalue weighted by Crippen LogP contribution is -2.55. The van der Waals surface area contributed by atoms with E-state index in [9.17, 15) is 4.79 Å². The molecule has 3 N–H and O–H groups in total. The van der Waals surface area contributed by atoms with E-state index >= 15 is 0 Å². The van der Waals surface area contributed by atoms with E-state index in [1.807, 2.05) is 24.3 Å². The number of thiocarbonyl (C=S) groups is 1. The highest BCUT2D eigenvalue weighted by Gasteiger charge is 2.34. The minimum Gasteiger partial charge on any atom is -0.339 e. The zero-order chi connectivity index (χ0) is 16.0. The second-order valence-corrected chi connectivity index (χ2v) is 7.49. The molecule has 21 heavy (non-hydrogen) atoms. The van der Waals surface area contributed by atoms with Gasteiger partial charge in [0, 0.05) is 10.2 Å². The van der Waals surface area contributed by atoms with Crippen molar-refractivity contribution in [3.8, 4) is 0 Å². The Bertz CT molecular complexity index is 534. The third-order valence-electron chi connectivity index (χ3n) is 2.18. The van der Waals surface area contributed by atoms with E-state index in [-0.39, 0.29) is 5.11 Å². The largest absolute Gasteiger partial charge is 0.339 e. The van der Waals surface area contributed by atoms with Gasteiger partial charge in [0.15, 0.2) is 5.11 Å². The van der Waals surface area contributed by atoms with Gasteiger partial charge in [-0.25, -0.2) is 0 Å². The van der Waals surface area contributed by atoms with Crippen molar-refractivity contribution in [2.24, 2.45) is 0 Å². The summed E-state index contributed by atoms with van der Waals surface area (Å²) >= 11 is 25.8. The second-order valence-electron chi connectivity index (χ2n) is 3.79. The highest BCUT2D eigenvalue weighted by Crippen LogP contribution is 2.29. The van der Waals surface area contributed by atoms with Gasteiger partial charge < -0.3 is 16.0 Å². The van der Waals surface area contributed by atoms with E-state index in [0.717, 1.165) is 16.2 Å². The predicted molar refractivity (Wildman–Crippen MR) is 95.9 cm³/mol. The Morgan fingerprint density at radius 2 is 1.86 bits per heavy atom. The topological polar surface area (TPSA) is 53.2 Å². The first-order chi connectivity index (χ1) is 9.72. The van der Waals surface area contributed by atoms with E-state index in [2.05, 4.69) is 38.5 Å². The molecule has 1 aromatic rings. The monoisotopic (exact) mass is 429 g/mol. The first-order valence-corrected chi connectivity index (χ1v) is 7.88. The summed E-state index contributed by atoms with van der Waals surface area (Å²) in [6, 6.07) is 7.31. The average molecular weight is 432 g/mol. The molecular formula is C12H11BrCl3N3OS. The molecular weight excluding hydrogens is 420 g/mol. The van der Waals surface area contributed by atoms with Crippen LogP contribution in [0.15, 0.2) is 41.4 Å². The van der Waals surface area contributed by atoms with Crippen molar-refractivity contribution in [3.63, 3.8) is 0 Å². The van der Waals surface area contributed by atoms with Gasteiger partial charge in [-0.05, 0) is 42.6 Å². The Morgan fingerprint density at radius 1 is 1.29 bits per heavy atom. The number of rotatable bonds is 4. The second kappa shape index (κ2) is 8.19. The summed E-state index contributed by atoms with van der Waals surface area (Å²) in [5.74, 6) is -0.495. The minimum atomic E-state index is -1.79. The zero-order valence-electron chi connectivity index (χ0n) is 10.5. The number of carbonyl (C=O) groups is 1. The Labute approximate surface area is 151 Å². The Kier molecular flexibility index (Phi) is 7.23. The van der Waals surface area contributed by atoms with E-state index in [4.69, 9.17) is 47.0 Å². The lowest BCUT2D eigenvalue weighted by atomic mass is 10.3. The molecule has 9 heteroatoms. The van der Waals surface area contributed by atoms with Gasteiger partial charge in [0.1, 0.15) is 6.17 Å². The van der Waals surface area contributed by atoms with Crippen LogP contribution in [-0.2, 0) is 4.79 Å². The SMILES string of the molecule is C=CC(=O)N[C@H](NC(=S)Nc1ccc(Br)cc1)C(Cl)(Cl)Cl. The maximum Gasteiger partial charge on any atom is 0.245 e. The lowest BCUT2D eigenvalue weighted by molar-refractivity contribution is -0.117. The molecule has 0 aliphatic heterocycles. The number of halogens is 4. The Morgan fingerprint density at radius 3 is 2.33 bits per heavy atom. The number of nitrogens with one attached hydrogen (secondary N) is 3. The van der Waals surface area contributed by atoms with Gasteiger partial charge in [0.25, 0.3) is 0 Å².